The summed E-state index contributed by atoms with van der Waals surface area (Å²) in [7, 11) is 0. The molecule has 0 amide bonds. The molecule has 0 bridgehead atoms. The minimum Gasteiger partial charge on any atom is -0.339 e. The second kappa shape index (κ2) is 4.78. The van der Waals surface area contributed by atoms with Crippen molar-refractivity contribution < 1.29 is 4.52 Å². The smallest absolute Gasteiger partial charge is 0.231 e. The molecule has 0 saturated carbocycles. The Bertz CT molecular complexity index is 536. The van der Waals surface area contributed by atoms with Crippen LogP contribution in [0.1, 0.15) is 41.7 Å². The molecular weight excluding hydrogens is 248 g/mol. The van der Waals surface area contributed by atoms with Gasteiger partial charge in [0.05, 0.1) is 23.0 Å². The lowest BCUT2D eigenvalue weighted by Gasteiger charge is -2.08. The fraction of sp³-hybridized carbons (Fsp3) is 0.583. The average Bonchev–Trinajstić information content (AvgIpc) is 3.02. The van der Waals surface area contributed by atoms with Crippen molar-refractivity contribution in [3.05, 3.63) is 27.8 Å². The van der Waals surface area contributed by atoms with Crippen LogP contribution in [-0.2, 0) is 6.42 Å². The molecule has 18 heavy (non-hydrogen) atoms. The van der Waals surface area contributed by atoms with Gasteiger partial charge in [-0.15, -0.1) is 11.3 Å². The van der Waals surface area contributed by atoms with Crippen LogP contribution in [0.5, 0.6) is 0 Å². The van der Waals surface area contributed by atoms with Gasteiger partial charge in [-0.1, -0.05) is 5.16 Å². The zero-order valence-electron chi connectivity index (χ0n) is 10.5. The largest absolute Gasteiger partial charge is 0.339 e. The van der Waals surface area contributed by atoms with Gasteiger partial charge in [-0.25, -0.2) is 4.98 Å². The summed E-state index contributed by atoms with van der Waals surface area (Å²) in [6.45, 7) is 5.18. The fourth-order valence-corrected chi connectivity index (χ4v) is 2.95. The number of rotatable bonds is 3. The van der Waals surface area contributed by atoms with Crippen LogP contribution in [0.3, 0.4) is 0 Å². The normalized spacial score (nSPS) is 23.7. The maximum Gasteiger partial charge on any atom is 0.231 e. The van der Waals surface area contributed by atoms with E-state index in [-0.39, 0.29) is 0 Å². The molecule has 2 unspecified atom stereocenters. The van der Waals surface area contributed by atoms with E-state index in [1.165, 1.54) is 0 Å². The highest BCUT2D eigenvalue weighted by Crippen LogP contribution is 2.26. The molecule has 1 saturated heterocycles. The molecule has 2 aromatic heterocycles. The van der Waals surface area contributed by atoms with Crippen molar-refractivity contribution in [3.8, 4) is 0 Å². The van der Waals surface area contributed by atoms with Gasteiger partial charge in [-0.2, -0.15) is 4.98 Å². The van der Waals surface area contributed by atoms with Gasteiger partial charge in [0.25, 0.3) is 0 Å². The van der Waals surface area contributed by atoms with Crippen LogP contribution < -0.4 is 5.32 Å². The van der Waals surface area contributed by atoms with Gasteiger partial charge in [-0.3, -0.25) is 0 Å². The Labute approximate surface area is 110 Å². The number of nitrogens with one attached hydrogen (secondary N) is 1. The SMILES string of the molecule is Cc1nc(Cc2noc(C3CCNC3C)n2)cs1. The molecule has 0 spiro atoms. The first-order valence-electron chi connectivity index (χ1n) is 6.19. The number of aryl methyl sites for hydroxylation is 1. The van der Waals surface area contributed by atoms with E-state index in [4.69, 9.17) is 4.52 Å². The third-order valence-electron chi connectivity index (χ3n) is 3.33. The number of nitrogens with zero attached hydrogens (tertiary/aromatic N) is 3. The predicted octanol–water partition coefficient (Wildman–Crippen LogP) is 1.89. The lowest BCUT2D eigenvalue weighted by molar-refractivity contribution is 0.342. The maximum absolute atomic E-state index is 5.37. The van der Waals surface area contributed by atoms with Crippen molar-refractivity contribution in [2.24, 2.45) is 0 Å². The van der Waals surface area contributed by atoms with Gasteiger partial charge in [-0.05, 0) is 26.8 Å². The molecule has 1 aliphatic rings. The fourth-order valence-electron chi connectivity index (χ4n) is 2.34. The van der Waals surface area contributed by atoms with E-state index in [9.17, 15) is 0 Å². The van der Waals surface area contributed by atoms with E-state index in [0.29, 0.717) is 18.4 Å². The topological polar surface area (TPSA) is 63.8 Å². The summed E-state index contributed by atoms with van der Waals surface area (Å²) in [6, 6.07) is 0.416. The quantitative estimate of drug-likeness (QED) is 0.917. The van der Waals surface area contributed by atoms with Crippen LogP contribution >= 0.6 is 11.3 Å². The van der Waals surface area contributed by atoms with Crippen LogP contribution in [0, 0.1) is 6.92 Å². The second-order valence-corrected chi connectivity index (χ2v) is 5.78. The number of aromatic nitrogens is 3. The van der Waals surface area contributed by atoms with Gasteiger partial charge in [0, 0.05) is 11.4 Å². The van der Waals surface area contributed by atoms with Crippen molar-refractivity contribution >= 4 is 11.3 Å². The Morgan fingerprint density at radius 3 is 3.06 bits per heavy atom. The van der Waals surface area contributed by atoms with Crippen LogP contribution in [0.25, 0.3) is 0 Å². The van der Waals surface area contributed by atoms with Crippen molar-refractivity contribution in [1.82, 2.24) is 20.4 Å². The molecule has 5 nitrogen and oxygen atoms in total. The van der Waals surface area contributed by atoms with Crippen molar-refractivity contribution in [2.75, 3.05) is 6.54 Å². The summed E-state index contributed by atoms with van der Waals surface area (Å²) in [6.07, 6.45) is 1.72. The number of thiazole rings is 1. The molecule has 0 radical (unpaired) electrons. The highest BCUT2D eigenvalue weighted by molar-refractivity contribution is 7.09. The van der Waals surface area contributed by atoms with Crippen LogP contribution in [0.2, 0.25) is 0 Å². The van der Waals surface area contributed by atoms with Crippen molar-refractivity contribution in [3.63, 3.8) is 0 Å². The summed E-state index contributed by atoms with van der Waals surface area (Å²) >= 11 is 1.65. The first-order chi connectivity index (χ1) is 8.72. The molecular formula is C12H16N4OS. The number of hydrogen-bond donors (Lipinski definition) is 1. The van der Waals surface area contributed by atoms with Gasteiger partial charge in [0.2, 0.25) is 5.89 Å². The minimum absolute atomic E-state index is 0.350. The molecule has 1 N–H and O–H groups in total. The van der Waals surface area contributed by atoms with Crippen molar-refractivity contribution in [2.45, 2.75) is 38.6 Å². The second-order valence-electron chi connectivity index (χ2n) is 4.72. The van der Waals surface area contributed by atoms with E-state index in [2.05, 4.69) is 27.4 Å². The summed E-state index contributed by atoms with van der Waals surface area (Å²) < 4.78 is 5.37. The third kappa shape index (κ3) is 2.30. The standard InChI is InChI=1S/C12H16N4OS/c1-7-10(3-4-13-7)12-15-11(16-17-12)5-9-6-18-8(2)14-9/h6-7,10,13H,3-5H2,1-2H3. The average molecular weight is 264 g/mol. The highest BCUT2D eigenvalue weighted by Gasteiger charge is 2.29. The highest BCUT2D eigenvalue weighted by atomic mass is 32.1. The van der Waals surface area contributed by atoms with E-state index in [0.717, 1.165) is 35.4 Å². The predicted molar refractivity (Wildman–Crippen MR) is 68.8 cm³/mol. The third-order valence-corrected chi connectivity index (χ3v) is 4.15. The van der Waals surface area contributed by atoms with Crippen LogP contribution in [0.4, 0.5) is 0 Å². The number of hydrogen-bond acceptors (Lipinski definition) is 6. The molecule has 6 heteroatoms. The van der Waals surface area contributed by atoms with E-state index in [1.54, 1.807) is 11.3 Å². The van der Waals surface area contributed by atoms with E-state index < -0.39 is 0 Å². The summed E-state index contributed by atoms with van der Waals surface area (Å²) in [5.41, 5.74) is 1.02. The molecule has 96 valence electrons. The Morgan fingerprint density at radius 2 is 2.39 bits per heavy atom. The molecule has 1 aliphatic heterocycles. The van der Waals surface area contributed by atoms with Crippen molar-refractivity contribution in [1.29, 1.82) is 0 Å². The molecule has 1 fully saturated rings. The van der Waals surface area contributed by atoms with E-state index in [1.807, 2.05) is 12.3 Å². The van der Waals surface area contributed by atoms with Crippen LogP contribution in [0.15, 0.2) is 9.90 Å². The Balaban J connectivity index is 1.73. The monoisotopic (exact) mass is 264 g/mol. The zero-order valence-corrected chi connectivity index (χ0v) is 11.3. The molecule has 0 aliphatic carbocycles. The van der Waals surface area contributed by atoms with Gasteiger partial charge in [0.15, 0.2) is 5.82 Å². The maximum atomic E-state index is 5.37. The van der Waals surface area contributed by atoms with E-state index >= 15 is 0 Å². The Hall–Kier alpha value is -1.27. The van der Waals surface area contributed by atoms with Gasteiger partial charge < -0.3 is 9.84 Å². The molecule has 2 aromatic rings. The van der Waals surface area contributed by atoms with Gasteiger partial charge >= 0.3 is 0 Å². The molecule has 2 atom stereocenters. The Morgan fingerprint density at radius 1 is 1.50 bits per heavy atom. The lowest BCUT2D eigenvalue weighted by atomic mass is 10.0. The van der Waals surface area contributed by atoms with Gasteiger partial charge in [0.1, 0.15) is 0 Å². The minimum atomic E-state index is 0.350. The molecule has 0 aromatic carbocycles. The summed E-state index contributed by atoms with van der Waals surface area (Å²) in [5.74, 6) is 1.84. The first kappa shape index (κ1) is 11.8. The molecule has 3 rings (SSSR count). The first-order valence-corrected chi connectivity index (χ1v) is 7.07. The lowest BCUT2D eigenvalue weighted by Crippen LogP contribution is -2.21. The zero-order chi connectivity index (χ0) is 12.5. The Kier molecular flexibility index (Phi) is 3.13. The summed E-state index contributed by atoms with van der Waals surface area (Å²) in [4.78, 5) is 8.91. The summed E-state index contributed by atoms with van der Waals surface area (Å²) in [5, 5.41) is 10.6. The molecule has 3 heterocycles. The van der Waals surface area contributed by atoms with Crippen LogP contribution in [-0.4, -0.2) is 27.7 Å².